The van der Waals surface area contributed by atoms with Crippen LogP contribution in [0.4, 0.5) is 4.39 Å². The van der Waals surface area contributed by atoms with Crippen LogP contribution in [0.1, 0.15) is 11.3 Å². The van der Waals surface area contributed by atoms with Gasteiger partial charge in [-0.05, 0) is 34.5 Å². The van der Waals surface area contributed by atoms with E-state index in [-0.39, 0.29) is 5.82 Å². The molecule has 0 radical (unpaired) electrons. The summed E-state index contributed by atoms with van der Waals surface area (Å²) in [6.45, 7) is 1.89. The minimum atomic E-state index is -0.262. The number of halogens is 3. The Morgan fingerprint density at radius 1 is 1.50 bits per heavy atom. The monoisotopic (exact) mass is 275 g/mol. The average Bonchev–Trinajstić information content (AvgIpc) is 2.49. The number of hydrogen-bond donors (Lipinski definition) is 1. The molecule has 2 aromatic rings. The molecule has 4 heteroatoms. The van der Waals surface area contributed by atoms with Crippen LogP contribution in [0.25, 0.3) is 10.9 Å². The largest absolute Gasteiger partial charge is 0.356 e. The summed E-state index contributed by atoms with van der Waals surface area (Å²) in [5.74, 6) is 0.134. The van der Waals surface area contributed by atoms with Crippen molar-refractivity contribution in [2.45, 2.75) is 12.8 Å². The molecule has 0 saturated carbocycles. The molecule has 2 rings (SSSR count). The quantitative estimate of drug-likeness (QED) is 0.754. The van der Waals surface area contributed by atoms with Gasteiger partial charge in [-0.3, -0.25) is 0 Å². The molecular formula is C10H8BrClFN. The van der Waals surface area contributed by atoms with Crippen molar-refractivity contribution in [3.8, 4) is 0 Å². The second-order valence-electron chi connectivity index (χ2n) is 3.15. The summed E-state index contributed by atoms with van der Waals surface area (Å²) in [7, 11) is 0. The molecule has 14 heavy (non-hydrogen) atoms. The Balaban J connectivity index is 2.87. The molecule has 1 N–H and O–H groups in total. The van der Waals surface area contributed by atoms with Gasteiger partial charge in [0.25, 0.3) is 0 Å². The highest BCUT2D eigenvalue weighted by molar-refractivity contribution is 9.10. The van der Waals surface area contributed by atoms with Gasteiger partial charge in [0.05, 0.1) is 9.99 Å². The predicted molar refractivity (Wildman–Crippen MR) is 60.3 cm³/mol. The van der Waals surface area contributed by atoms with Gasteiger partial charge in [-0.2, -0.15) is 0 Å². The lowest BCUT2D eigenvalue weighted by Crippen LogP contribution is -1.80. The van der Waals surface area contributed by atoms with Gasteiger partial charge in [0.15, 0.2) is 5.82 Å². The standard InChI is InChI=1S/C10H8BrClFN/c1-5-7(4-12)6-2-3-8(11)9(13)10(6)14-5/h2-3,14H,4H2,1H3. The highest BCUT2D eigenvalue weighted by atomic mass is 79.9. The number of nitrogens with one attached hydrogen (secondary N) is 1. The van der Waals surface area contributed by atoms with Crippen molar-refractivity contribution in [2.75, 3.05) is 0 Å². The van der Waals surface area contributed by atoms with Gasteiger partial charge in [-0.1, -0.05) is 6.07 Å². The number of rotatable bonds is 1. The summed E-state index contributed by atoms with van der Waals surface area (Å²) in [4.78, 5) is 3.00. The van der Waals surface area contributed by atoms with Gasteiger partial charge in [0.2, 0.25) is 0 Å². The van der Waals surface area contributed by atoms with Crippen molar-refractivity contribution in [3.05, 3.63) is 33.7 Å². The van der Waals surface area contributed by atoms with E-state index in [4.69, 9.17) is 11.6 Å². The summed E-state index contributed by atoms with van der Waals surface area (Å²) in [5.41, 5.74) is 2.41. The molecule has 0 saturated heterocycles. The number of hydrogen-bond acceptors (Lipinski definition) is 0. The molecule has 1 aromatic heterocycles. The molecular weight excluding hydrogens is 268 g/mol. The van der Waals surface area contributed by atoms with Crippen LogP contribution < -0.4 is 0 Å². The molecule has 0 amide bonds. The summed E-state index contributed by atoms with van der Waals surface area (Å²) in [6.07, 6.45) is 0. The maximum absolute atomic E-state index is 13.6. The lowest BCUT2D eigenvalue weighted by molar-refractivity contribution is 0.630. The Bertz CT molecular complexity index is 492. The first kappa shape index (κ1) is 9.99. The van der Waals surface area contributed by atoms with Crippen LogP contribution in [-0.4, -0.2) is 4.98 Å². The first-order valence-electron chi connectivity index (χ1n) is 4.16. The fourth-order valence-electron chi connectivity index (χ4n) is 1.56. The third-order valence-electron chi connectivity index (χ3n) is 2.32. The second-order valence-corrected chi connectivity index (χ2v) is 4.27. The molecule has 74 valence electrons. The first-order valence-corrected chi connectivity index (χ1v) is 5.49. The van der Waals surface area contributed by atoms with Crippen molar-refractivity contribution in [3.63, 3.8) is 0 Å². The number of aryl methyl sites for hydroxylation is 1. The topological polar surface area (TPSA) is 15.8 Å². The maximum Gasteiger partial charge on any atom is 0.161 e. The SMILES string of the molecule is Cc1[nH]c2c(F)c(Br)ccc2c1CCl. The minimum absolute atomic E-state index is 0.262. The summed E-state index contributed by atoms with van der Waals surface area (Å²) >= 11 is 8.93. The van der Waals surface area contributed by atoms with Crippen molar-refractivity contribution < 1.29 is 4.39 Å². The normalized spacial score (nSPS) is 11.1. The van der Waals surface area contributed by atoms with E-state index in [0.717, 1.165) is 16.6 Å². The maximum atomic E-state index is 13.6. The van der Waals surface area contributed by atoms with Gasteiger partial charge < -0.3 is 4.98 Å². The molecule has 0 aliphatic heterocycles. The molecule has 0 aliphatic rings. The highest BCUT2D eigenvalue weighted by Gasteiger charge is 2.12. The number of alkyl halides is 1. The molecule has 0 bridgehead atoms. The summed E-state index contributed by atoms with van der Waals surface area (Å²) < 4.78 is 14.1. The summed E-state index contributed by atoms with van der Waals surface area (Å²) in [5, 5.41) is 0.859. The molecule has 0 spiro atoms. The van der Waals surface area contributed by atoms with Crippen molar-refractivity contribution in [1.82, 2.24) is 4.98 Å². The van der Waals surface area contributed by atoms with Crippen molar-refractivity contribution in [1.29, 1.82) is 0 Å². The Morgan fingerprint density at radius 2 is 2.21 bits per heavy atom. The molecule has 0 atom stereocenters. The van der Waals surface area contributed by atoms with Crippen molar-refractivity contribution in [2.24, 2.45) is 0 Å². The zero-order valence-electron chi connectivity index (χ0n) is 7.50. The Labute approximate surface area is 94.4 Å². The number of aromatic nitrogens is 1. The van der Waals surface area contributed by atoms with E-state index < -0.39 is 0 Å². The molecule has 0 fully saturated rings. The van der Waals surface area contributed by atoms with E-state index in [1.165, 1.54) is 0 Å². The first-order chi connectivity index (χ1) is 6.65. The number of fused-ring (bicyclic) bond motifs is 1. The smallest absolute Gasteiger partial charge is 0.161 e. The van der Waals surface area contributed by atoms with E-state index in [1.807, 2.05) is 13.0 Å². The van der Waals surface area contributed by atoms with Gasteiger partial charge in [-0.25, -0.2) is 4.39 Å². The van der Waals surface area contributed by atoms with E-state index in [9.17, 15) is 4.39 Å². The van der Waals surface area contributed by atoms with Gasteiger partial charge in [-0.15, -0.1) is 11.6 Å². The Morgan fingerprint density at radius 3 is 2.86 bits per heavy atom. The molecule has 1 nitrogen and oxygen atoms in total. The molecule has 0 unspecified atom stereocenters. The van der Waals surface area contributed by atoms with E-state index in [1.54, 1.807) is 6.07 Å². The van der Waals surface area contributed by atoms with Crippen LogP contribution in [0.15, 0.2) is 16.6 Å². The van der Waals surface area contributed by atoms with Crippen LogP contribution >= 0.6 is 27.5 Å². The predicted octanol–water partition coefficient (Wildman–Crippen LogP) is 4.12. The van der Waals surface area contributed by atoms with Gasteiger partial charge in [0, 0.05) is 17.0 Å². The molecule has 0 aliphatic carbocycles. The van der Waals surface area contributed by atoms with Crippen molar-refractivity contribution >= 4 is 38.4 Å². The Kier molecular flexibility index (Phi) is 2.54. The average molecular weight is 277 g/mol. The third-order valence-corrected chi connectivity index (χ3v) is 3.20. The third kappa shape index (κ3) is 1.35. The summed E-state index contributed by atoms with van der Waals surface area (Å²) in [6, 6.07) is 3.56. The van der Waals surface area contributed by atoms with E-state index in [2.05, 4.69) is 20.9 Å². The number of aromatic amines is 1. The Hall–Kier alpha value is -0.540. The lowest BCUT2D eigenvalue weighted by atomic mass is 10.1. The van der Waals surface area contributed by atoms with Crippen LogP contribution in [0.3, 0.4) is 0 Å². The fraction of sp³-hybridized carbons (Fsp3) is 0.200. The highest BCUT2D eigenvalue weighted by Crippen LogP contribution is 2.29. The van der Waals surface area contributed by atoms with Crippen LogP contribution in [0, 0.1) is 12.7 Å². The fourth-order valence-corrected chi connectivity index (χ4v) is 2.24. The zero-order valence-corrected chi connectivity index (χ0v) is 9.84. The number of H-pyrrole nitrogens is 1. The minimum Gasteiger partial charge on any atom is -0.356 e. The van der Waals surface area contributed by atoms with Crippen LogP contribution in [0.5, 0.6) is 0 Å². The number of benzene rings is 1. The van der Waals surface area contributed by atoms with Gasteiger partial charge in [0.1, 0.15) is 0 Å². The van der Waals surface area contributed by atoms with Crippen LogP contribution in [0.2, 0.25) is 0 Å². The van der Waals surface area contributed by atoms with Gasteiger partial charge >= 0.3 is 0 Å². The van der Waals surface area contributed by atoms with E-state index >= 15 is 0 Å². The second kappa shape index (κ2) is 3.55. The zero-order chi connectivity index (χ0) is 10.3. The van der Waals surface area contributed by atoms with E-state index in [0.29, 0.717) is 15.9 Å². The lowest BCUT2D eigenvalue weighted by Gasteiger charge is -1.96. The van der Waals surface area contributed by atoms with Crippen LogP contribution in [-0.2, 0) is 5.88 Å². The molecule has 1 aromatic carbocycles. The molecule has 1 heterocycles.